The molecule has 162 valence electrons. The number of aliphatic hydroxyl groups excluding tert-OH is 1. The Labute approximate surface area is 178 Å². The first kappa shape index (κ1) is 19.9. The first-order chi connectivity index (χ1) is 14.9. The van der Waals surface area contributed by atoms with Crippen molar-refractivity contribution >= 4 is 11.8 Å². The van der Waals surface area contributed by atoms with E-state index in [0.29, 0.717) is 43.6 Å². The Kier molecular flexibility index (Phi) is 4.89. The normalized spacial score (nSPS) is 22.5. The lowest BCUT2D eigenvalue weighted by Gasteiger charge is -2.37. The number of hydrogen-bond donors (Lipinski definition) is 2. The van der Waals surface area contributed by atoms with Crippen LogP contribution in [0.25, 0.3) is 5.69 Å². The van der Waals surface area contributed by atoms with E-state index in [4.69, 9.17) is 0 Å². The first-order valence-electron chi connectivity index (χ1n) is 10.7. The van der Waals surface area contributed by atoms with Crippen LogP contribution in [0.15, 0.2) is 35.3 Å². The van der Waals surface area contributed by atoms with Crippen molar-refractivity contribution in [2.45, 2.75) is 50.8 Å². The van der Waals surface area contributed by atoms with Crippen LogP contribution in [0.3, 0.4) is 0 Å². The highest BCUT2D eigenvalue weighted by atomic mass is 19.1. The fraction of sp³-hybridized carbons (Fsp3) is 0.435. The molecule has 1 aromatic carbocycles. The zero-order valence-corrected chi connectivity index (χ0v) is 17.0. The second-order valence-electron chi connectivity index (χ2n) is 8.74. The van der Waals surface area contributed by atoms with Gasteiger partial charge in [-0.1, -0.05) is 0 Å². The highest BCUT2D eigenvalue weighted by molar-refractivity contribution is 5.96. The number of nitrogens with one attached hydrogen (secondary N) is 1. The Bertz CT molecular complexity index is 1100. The molecule has 0 unspecified atom stereocenters. The molecular weight excluding hydrogens is 401 g/mol. The number of aromatic nitrogens is 1. The molecule has 2 amide bonds. The van der Waals surface area contributed by atoms with E-state index in [0.717, 1.165) is 18.4 Å². The minimum absolute atomic E-state index is 0.000496. The van der Waals surface area contributed by atoms with Crippen LogP contribution in [-0.4, -0.2) is 45.1 Å². The number of rotatable bonds is 4. The number of benzene rings is 1. The molecule has 0 saturated heterocycles. The lowest BCUT2D eigenvalue weighted by Crippen LogP contribution is -2.46. The van der Waals surface area contributed by atoms with Gasteiger partial charge in [-0.15, -0.1) is 0 Å². The van der Waals surface area contributed by atoms with Crippen molar-refractivity contribution in [3.63, 3.8) is 0 Å². The van der Waals surface area contributed by atoms with Crippen molar-refractivity contribution in [1.82, 2.24) is 14.8 Å². The molecule has 2 aromatic rings. The van der Waals surface area contributed by atoms with Crippen LogP contribution in [0.1, 0.15) is 47.2 Å². The number of fused-ring (bicyclic) bond motifs is 1. The van der Waals surface area contributed by atoms with E-state index in [1.54, 1.807) is 11.1 Å². The van der Waals surface area contributed by atoms with Gasteiger partial charge in [0.25, 0.3) is 11.5 Å². The fourth-order valence-electron chi connectivity index (χ4n) is 4.40. The second kappa shape index (κ2) is 7.60. The molecule has 2 aliphatic carbocycles. The summed E-state index contributed by atoms with van der Waals surface area (Å²) in [5.41, 5.74) is 1.55. The van der Waals surface area contributed by atoms with Crippen molar-refractivity contribution < 1.29 is 19.1 Å². The van der Waals surface area contributed by atoms with E-state index < -0.39 is 17.5 Å². The van der Waals surface area contributed by atoms with Gasteiger partial charge in [-0.3, -0.25) is 19.0 Å². The van der Waals surface area contributed by atoms with E-state index in [-0.39, 0.29) is 29.3 Å². The second-order valence-corrected chi connectivity index (χ2v) is 8.74. The van der Waals surface area contributed by atoms with Gasteiger partial charge < -0.3 is 15.3 Å². The summed E-state index contributed by atoms with van der Waals surface area (Å²) < 4.78 is 14.8. The number of carbonyl (C=O) groups excluding carboxylic acids is 2. The van der Waals surface area contributed by atoms with Crippen LogP contribution in [0.2, 0.25) is 0 Å². The Balaban J connectivity index is 1.54. The highest BCUT2D eigenvalue weighted by Crippen LogP contribution is 2.31. The molecule has 5 rings (SSSR count). The van der Waals surface area contributed by atoms with Crippen molar-refractivity contribution in [3.8, 4) is 5.69 Å². The van der Waals surface area contributed by atoms with Crippen molar-refractivity contribution in [3.05, 3.63) is 63.3 Å². The fourth-order valence-corrected chi connectivity index (χ4v) is 4.40. The highest BCUT2D eigenvalue weighted by Gasteiger charge is 2.38. The monoisotopic (exact) mass is 425 g/mol. The topological polar surface area (TPSA) is 91.6 Å². The molecule has 31 heavy (non-hydrogen) atoms. The van der Waals surface area contributed by atoms with Gasteiger partial charge in [0.1, 0.15) is 11.4 Å². The molecule has 7 nitrogen and oxygen atoms in total. The van der Waals surface area contributed by atoms with Crippen LogP contribution in [0.5, 0.6) is 0 Å². The Hall–Kier alpha value is -3.00. The van der Waals surface area contributed by atoms with Crippen LogP contribution < -0.4 is 10.9 Å². The van der Waals surface area contributed by atoms with Crippen molar-refractivity contribution in [2.24, 2.45) is 5.92 Å². The summed E-state index contributed by atoms with van der Waals surface area (Å²) in [6.45, 7) is 0.730. The average Bonchev–Trinajstić information content (AvgIpc) is 3.54. The maximum Gasteiger partial charge on any atom is 0.268 e. The van der Waals surface area contributed by atoms with Gasteiger partial charge >= 0.3 is 0 Å². The van der Waals surface area contributed by atoms with Gasteiger partial charge in [0.05, 0.1) is 6.10 Å². The summed E-state index contributed by atoms with van der Waals surface area (Å²) >= 11 is 0. The van der Waals surface area contributed by atoms with Crippen LogP contribution in [0, 0.1) is 11.7 Å². The molecule has 2 heterocycles. The standard InChI is InChI=1S/C23H24FN3O4/c24-15-1-5-17(6-2-15)27-12-14-11-26(22(30)13-9-18(28)10-13)8-7-19(14)20(23(27)31)21(29)25-16-3-4-16/h1-2,5-6,12-13,16,18,28H,3-4,7-11H2,(H,25,29). The zero-order chi connectivity index (χ0) is 21.7. The number of nitrogens with zero attached hydrogens (tertiary/aromatic N) is 2. The Morgan fingerprint density at radius 2 is 1.84 bits per heavy atom. The van der Waals surface area contributed by atoms with Gasteiger partial charge in [0.2, 0.25) is 5.91 Å². The molecule has 1 aliphatic heterocycles. The lowest BCUT2D eigenvalue weighted by atomic mass is 9.81. The molecule has 0 radical (unpaired) electrons. The molecule has 1 aromatic heterocycles. The SMILES string of the molecule is O=C(NC1CC1)c1c2c(cn(-c3ccc(F)cc3)c1=O)CN(C(=O)C1CC(O)C1)CC2. The van der Waals surface area contributed by atoms with Crippen molar-refractivity contribution in [1.29, 1.82) is 0 Å². The smallest absolute Gasteiger partial charge is 0.268 e. The van der Waals surface area contributed by atoms with E-state index in [2.05, 4.69) is 5.32 Å². The summed E-state index contributed by atoms with van der Waals surface area (Å²) in [5, 5.41) is 12.4. The zero-order valence-electron chi connectivity index (χ0n) is 17.0. The molecule has 2 fully saturated rings. The number of amides is 2. The van der Waals surface area contributed by atoms with Gasteiger partial charge in [0, 0.05) is 36.9 Å². The maximum absolute atomic E-state index is 13.4. The quantitative estimate of drug-likeness (QED) is 0.777. The molecule has 2 saturated carbocycles. The number of pyridine rings is 1. The third kappa shape index (κ3) is 3.76. The van der Waals surface area contributed by atoms with Gasteiger partial charge in [-0.2, -0.15) is 0 Å². The van der Waals surface area contributed by atoms with E-state index in [1.807, 2.05) is 0 Å². The minimum Gasteiger partial charge on any atom is -0.393 e. The van der Waals surface area contributed by atoms with Crippen molar-refractivity contribution in [2.75, 3.05) is 6.54 Å². The van der Waals surface area contributed by atoms with E-state index in [9.17, 15) is 23.9 Å². The average molecular weight is 425 g/mol. The number of halogens is 1. The molecule has 2 N–H and O–H groups in total. The molecule has 0 bridgehead atoms. The van der Waals surface area contributed by atoms with Gasteiger partial charge in [0.15, 0.2) is 0 Å². The van der Waals surface area contributed by atoms with Crippen LogP contribution in [0.4, 0.5) is 4.39 Å². The minimum atomic E-state index is -0.439. The number of hydrogen-bond acceptors (Lipinski definition) is 4. The Morgan fingerprint density at radius 1 is 1.13 bits per heavy atom. The maximum atomic E-state index is 13.4. The van der Waals surface area contributed by atoms with E-state index in [1.165, 1.54) is 28.8 Å². The third-order valence-corrected chi connectivity index (χ3v) is 6.42. The first-order valence-corrected chi connectivity index (χ1v) is 10.7. The molecule has 0 spiro atoms. The summed E-state index contributed by atoms with van der Waals surface area (Å²) in [4.78, 5) is 40.8. The predicted octanol–water partition coefficient (Wildman–Crippen LogP) is 1.52. The van der Waals surface area contributed by atoms with Crippen LogP contribution in [-0.2, 0) is 17.8 Å². The number of aliphatic hydroxyl groups is 1. The summed E-state index contributed by atoms with van der Waals surface area (Å²) in [5.74, 6) is -0.973. The third-order valence-electron chi connectivity index (χ3n) is 6.42. The molecule has 0 atom stereocenters. The van der Waals surface area contributed by atoms with E-state index >= 15 is 0 Å². The van der Waals surface area contributed by atoms with Gasteiger partial charge in [-0.25, -0.2) is 4.39 Å². The van der Waals surface area contributed by atoms with Gasteiger partial charge in [-0.05, 0) is 67.5 Å². The number of carbonyl (C=O) groups is 2. The molecule has 8 heteroatoms. The summed E-state index contributed by atoms with van der Waals surface area (Å²) in [6.07, 6.45) is 4.44. The molecular formula is C23H24FN3O4. The Morgan fingerprint density at radius 3 is 2.48 bits per heavy atom. The summed E-state index contributed by atoms with van der Waals surface area (Å²) in [7, 11) is 0. The summed E-state index contributed by atoms with van der Waals surface area (Å²) in [6, 6.07) is 5.63. The predicted molar refractivity (Wildman–Crippen MR) is 110 cm³/mol. The largest absolute Gasteiger partial charge is 0.393 e. The molecule has 3 aliphatic rings. The van der Waals surface area contributed by atoms with Crippen LogP contribution >= 0.6 is 0 Å². The lowest BCUT2D eigenvalue weighted by molar-refractivity contribution is -0.143.